The van der Waals surface area contributed by atoms with E-state index in [1.54, 1.807) is 0 Å². The van der Waals surface area contributed by atoms with Crippen molar-refractivity contribution in [2.45, 2.75) is 32.9 Å². The summed E-state index contributed by atoms with van der Waals surface area (Å²) in [4.78, 5) is 4.16. The van der Waals surface area contributed by atoms with E-state index >= 15 is 0 Å². The summed E-state index contributed by atoms with van der Waals surface area (Å²) in [6, 6.07) is 0.363. The molecular formula is C11H18N6. The molecule has 2 aromatic heterocycles. The van der Waals surface area contributed by atoms with E-state index in [0.717, 1.165) is 24.4 Å². The summed E-state index contributed by atoms with van der Waals surface area (Å²) in [6.07, 6.45) is 6.48. The van der Waals surface area contributed by atoms with Gasteiger partial charge in [-0.05, 0) is 26.8 Å². The van der Waals surface area contributed by atoms with Crippen LogP contribution in [0.3, 0.4) is 0 Å². The fourth-order valence-electron chi connectivity index (χ4n) is 1.69. The molecule has 0 aliphatic heterocycles. The van der Waals surface area contributed by atoms with Gasteiger partial charge in [0.25, 0.3) is 0 Å². The van der Waals surface area contributed by atoms with Gasteiger partial charge >= 0.3 is 0 Å². The minimum atomic E-state index is 0.363. The van der Waals surface area contributed by atoms with E-state index in [4.69, 9.17) is 5.73 Å². The first kappa shape index (κ1) is 11.8. The first-order chi connectivity index (χ1) is 8.22. The van der Waals surface area contributed by atoms with Crippen LogP contribution in [0.15, 0.2) is 18.7 Å². The Bertz CT molecular complexity index is 470. The third-order valence-corrected chi connectivity index (χ3v) is 2.61. The van der Waals surface area contributed by atoms with Gasteiger partial charge in [0.15, 0.2) is 0 Å². The summed E-state index contributed by atoms with van der Waals surface area (Å²) in [6.45, 7) is 5.70. The van der Waals surface area contributed by atoms with E-state index in [-0.39, 0.29) is 0 Å². The fraction of sp³-hybridized carbons (Fsp3) is 0.545. The molecule has 92 valence electrons. The van der Waals surface area contributed by atoms with Crippen LogP contribution >= 0.6 is 0 Å². The lowest BCUT2D eigenvalue weighted by Gasteiger charge is -2.09. The molecule has 17 heavy (non-hydrogen) atoms. The van der Waals surface area contributed by atoms with Gasteiger partial charge in [-0.2, -0.15) is 0 Å². The van der Waals surface area contributed by atoms with E-state index in [1.807, 2.05) is 23.4 Å². The van der Waals surface area contributed by atoms with Gasteiger partial charge in [-0.3, -0.25) is 4.68 Å². The Morgan fingerprint density at radius 1 is 1.41 bits per heavy atom. The van der Waals surface area contributed by atoms with Crippen LogP contribution in [-0.2, 0) is 6.54 Å². The second-order valence-corrected chi connectivity index (χ2v) is 4.29. The molecule has 0 bridgehead atoms. The lowest BCUT2D eigenvalue weighted by molar-refractivity contribution is 0.564. The number of aryl methyl sites for hydroxylation is 1. The number of hydrogen-bond acceptors (Lipinski definition) is 4. The number of nitrogens with two attached hydrogens (primary N) is 1. The fourth-order valence-corrected chi connectivity index (χ4v) is 1.69. The Morgan fingerprint density at radius 3 is 2.94 bits per heavy atom. The van der Waals surface area contributed by atoms with Crippen LogP contribution in [0.1, 0.15) is 26.3 Å². The Kier molecular flexibility index (Phi) is 3.53. The maximum Gasteiger partial charge on any atom is 0.131 e. The zero-order valence-electron chi connectivity index (χ0n) is 10.2. The Morgan fingerprint density at radius 2 is 2.24 bits per heavy atom. The van der Waals surface area contributed by atoms with E-state index in [2.05, 4.69) is 33.7 Å². The minimum absolute atomic E-state index is 0.363. The highest BCUT2D eigenvalue weighted by Gasteiger charge is 2.11. The lowest BCUT2D eigenvalue weighted by atomic mass is 10.3. The third kappa shape index (κ3) is 2.52. The molecule has 6 nitrogen and oxygen atoms in total. The summed E-state index contributed by atoms with van der Waals surface area (Å²) < 4.78 is 3.90. The van der Waals surface area contributed by atoms with Gasteiger partial charge in [-0.15, -0.1) is 5.10 Å². The summed E-state index contributed by atoms with van der Waals surface area (Å²) in [5.74, 6) is 0. The zero-order chi connectivity index (χ0) is 12.3. The lowest BCUT2D eigenvalue weighted by Crippen LogP contribution is -2.06. The standard InChI is InChI=1S/C11H18N6/c1-9(2)17-8-13-6-11(17)10-7-16(15-14-10)5-3-4-12/h6-9H,3-5,12H2,1-2H3. The van der Waals surface area contributed by atoms with Gasteiger partial charge in [0, 0.05) is 12.6 Å². The van der Waals surface area contributed by atoms with Gasteiger partial charge < -0.3 is 10.3 Å². The highest BCUT2D eigenvalue weighted by Crippen LogP contribution is 2.19. The van der Waals surface area contributed by atoms with Crippen molar-refractivity contribution in [1.82, 2.24) is 24.5 Å². The maximum atomic E-state index is 5.47. The van der Waals surface area contributed by atoms with E-state index in [0.29, 0.717) is 12.6 Å². The van der Waals surface area contributed by atoms with Crippen molar-refractivity contribution in [3.63, 3.8) is 0 Å². The van der Waals surface area contributed by atoms with E-state index < -0.39 is 0 Å². The monoisotopic (exact) mass is 234 g/mol. The van der Waals surface area contributed by atoms with Crippen molar-refractivity contribution >= 4 is 0 Å². The highest BCUT2D eigenvalue weighted by molar-refractivity contribution is 5.51. The van der Waals surface area contributed by atoms with E-state index in [1.165, 1.54) is 0 Å². The highest BCUT2D eigenvalue weighted by atomic mass is 15.4. The number of hydrogen-bond donors (Lipinski definition) is 1. The van der Waals surface area contributed by atoms with E-state index in [9.17, 15) is 0 Å². The molecular weight excluding hydrogens is 216 g/mol. The van der Waals surface area contributed by atoms with Gasteiger partial charge in [-0.25, -0.2) is 4.98 Å². The van der Waals surface area contributed by atoms with Gasteiger partial charge in [0.05, 0.1) is 24.4 Å². The van der Waals surface area contributed by atoms with Crippen molar-refractivity contribution in [3.8, 4) is 11.4 Å². The predicted molar refractivity (Wildman–Crippen MR) is 65.3 cm³/mol. The molecule has 2 heterocycles. The molecule has 0 atom stereocenters. The Labute approximate surface area is 100 Å². The van der Waals surface area contributed by atoms with Crippen LogP contribution in [0.2, 0.25) is 0 Å². The maximum absolute atomic E-state index is 5.47. The molecule has 0 aliphatic carbocycles. The normalized spacial score (nSPS) is 11.3. The van der Waals surface area contributed by atoms with Crippen LogP contribution in [0, 0.1) is 0 Å². The summed E-state index contributed by atoms with van der Waals surface area (Å²) in [5.41, 5.74) is 7.32. The molecule has 2 aromatic rings. The van der Waals surface area contributed by atoms with Crippen molar-refractivity contribution < 1.29 is 0 Å². The van der Waals surface area contributed by atoms with Crippen LogP contribution in [0.25, 0.3) is 11.4 Å². The molecule has 6 heteroatoms. The smallest absolute Gasteiger partial charge is 0.131 e. The number of nitrogens with zero attached hydrogens (tertiary/aromatic N) is 5. The average molecular weight is 234 g/mol. The topological polar surface area (TPSA) is 74.5 Å². The minimum Gasteiger partial charge on any atom is -0.330 e. The second-order valence-electron chi connectivity index (χ2n) is 4.29. The quantitative estimate of drug-likeness (QED) is 0.839. The zero-order valence-corrected chi connectivity index (χ0v) is 10.2. The largest absolute Gasteiger partial charge is 0.330 e. The first-order valence-electron chi connectivity index (χ1n) is 5.84. The average Bonchev–Trinajstić information content (AvgIpc) is 2.94. The van der Waals surface area contributed by atoms with Gasteiger partial charge in [-0.1, -0.05) is 5.21 Å². The molecule has 0 amide bonds. The molecule has 2 rings (SSSR count). The SMILES string of the molecule is CC(C)n1cncc1-c1cn(CCCN)nn1. The van der Waals surface area contributed by atoms with Crippen LogP contribution < -0.4 is 5.73 Å². The first-order valence-corrected chi connectivity index (χ1v) is 5.84. The van der Waals surface area contributed by atoms with Crippen molar-refractivity contribution in [2.24, 2.45) is 5.73 Å². The van der Waals surface area contributed by atoms with Gasteiger partial charge in [0.1, 0.15) is 5.69 Å². The number of imidazole rings is 1. The summed E-state index contributed by atoms with van der Waals surface area (Å²) >= 11 is 0. The molecule has 2 N–H and O–H groups in total. The number of aromatic nitrogens is 5. The number of rotatable bonds is 5. The molecule has 0 saturated heterocycles. The Balaban J connectivity index is 2.21. The molecule has 0 radical (unpaired) electrons. The molecule has 0 spiro atoms. The molecule has 0 fully saturated rings. The molecule has 0 unspecified atom stereocenters. The van der Waals surface area contributed by atoms with Gasteiger partial charge in [0.2, 0.25) is 0 Å². The Hall–Kier alpha value is -1.69. The second kappa shape index (κ2) is 5.09. The summed E-state index contributed by atoms with van der Waals surface area (Å²) in [7, 11) is 0. The summed E-state index contributed by atoms with van der Waals surface area (Å²) in [5, 5.41) is 8.25. The predicted octanol–water partition coefficient (Wildman–Crippen LogP) is 1.07. The molecule has 0 saturated carbocycles. The van der Waals surface area contributed by atoms with Crippen LogP contribution in [0.4, 0.5) is 0 Å². The molecule has 0 aliphatic rings. The third-order valence-electron chi connectivity index (χ3n) is 2.61. The van der Waals surface area contributed by atoms with Crippen LogP contribution in [0.5, 0.6) is 0 Å². The van der Waals surface area contributed by atoms with Crippen molar-refractivity contribution in [1.29, 1.82) is 0 Å². The van der Waals surface area contributed by atoms with Crippen molar-refractivity contribution in [3.05, 3.63) is 18.7 Å². The van der Waals surface area contributed by atoms with Crippen LogP contribution in [-0.4, -0.2) is 31.1 Å². The molecule has 0 aromatic carbocycles. The van der Waals surface area contributed by atoms with Crippen molar-refractivity contribution in [2.75, 3.05) is 6.54 Å².